The first kappa shape index (κ1) is 18.1. The van der Waals surface area contributed by atoms with Crippen molar-refractivity contribution in [1.29, 1.82) is 5.41 Å². The van der Waals surface area contributed by atoms with Crippen molar-refractivity contribution in [1.82, 2.24) is 10.3 Å². The van der Waals surface area contributed by atoms with Gasteiger partial charge in [0.1, 0.15) is 5.84 Å². The van der Waals surface area contributed by atoms with Crippen molar-refractivity contribution in [2.45, 2.75) is 6.18 Å². The Hall–Kier alpha value is -3.23. The van der Waals surface area contributed by atoms with Gasteiger partial charge in [0, 0.05) is 18.0 Å². The zero-order valence-electron chi connectivity index (χ0n) is 12.8. The molecule has 6 nitrogen and oxygen atoms in total. The lowest BCUT2D eigenvalue weighted by Crippen LogP contribution is -2.32. The van der Waals surface area contributed by atoms with E-state index in [0.29, 0.717) is 6.07 Å². The van der Waals surface area contributed by atoms with Crippen LogP contribution in [0, 0.1) is 5.41 Å². The van der Waals surface area contributed by atoms with Gasteiger partial charge >= 0.3 is 12.1 Å². The van der Waals surface area contributed by atoms with E-state index in [4.69, 9.17) is 5.41 Å². The molecular weight excluding hydrogens is 339 g/mol. The summed E-state index contributed by atoms with van der Waals surface area (Å²) in [6.45, 7) is 0. The SMILES string of the molecule is COC(=O)c1ccc(C(=N)NC(=O)c2cnccc2C(F)(F)F)cc1. The van der Waals surface area contributed by atoms with E-state index in [1.54, 1.807) is 0 Å². The summed E-state index contributed by atoms with van der Waals surface area (Å²) in [7, 11) is 1.21. The molecule has 1 amide bonds. The topological polar surface area (TPSA) is 92.1 Å². The first-order valence-corrected chi connectivity index (χ1v) is 6.84. The molecule has 9 heteroatoms. The van der Waals surface area contributed by atoms with Crippen LogP contribution in [0.3, 0.4) is 0 Å². The molecular formula is C16H12F3N3O3. The Labute approximate surface area is 140 Å². The minimum absolute atomic E-state index is 0.207. The summed E-state index contributed by atoms with van der Waals surface area (Å²) in [6.07, 6.45) is -3.01. The second-order valence-corrected chi connectivity index (χ2v) is 4.82. The maximum Gasteiger partial charge on any atom is 0.417 e. The minimum atomic E-state index is -4.72. The number of hydrogen-bond acceptors (Lipinski definition) is 5. The molecule has 1 aromatic heterocycles. The van der Waals surface area contributed by atoms with Crippen LogP contribution in [-0.4, -0.2) is 29.8 Å². The number of halogens is 3. The summed E-state index contributed by atoms with van der Waals surface area (Å²) in [5.41, 5.74) is -1.39. The average molecular weight is 351 g/mol. The number of esters is 1. The van der Waals surface area contributed by atoms with Crippen LogP contribution in [0.4, 0.5) is 13.2 Å². The Morgan fingerprint density at radius 2 is 1.72 bits per heavy atom. The number of aromatic nitrogens is 1. The third kappa shape index (κ3) is 4.19. The largest absolute Gasteiger partial charge is 0.465 e. The first-order valence-electron chi connectivity index (χ1n) is 6.84. The lowest BCUT2D eigenvalue weighted by Gasteiger charge is -2.12. The van der Waals surface area contributed by atoms with Gasteiger partial charge in [-0.2, -0.15) is 13.2 Å². The normalized spacial score (nSPS) is 10.9. The molecule has 1 heterocycles. The Balaban J connectivity index is 2.19. The quantitative estimate of drug-likeness (QED) is 0.505. The first-order chi connectivity index (χ1) is 11.7. The van der Waals surface area contributed by atoms with Gasteiger partial charge in [-0.25, -0.2) is 4.79 Å². The summed E-state index contributed by atoms with van der Waals surface area (Å²) in [5.74, 6) is -2.10. The molecule has 0 saturated carbocycles. The van der Waals surface area contributed by atoms with E-state index in [9.17, 15) is 22.8 Å². The highest BCUT2D eigenvalue weighted by molar-refractivity contribution is 6.12. The van der Waals surface area contributed by atoms with Crippen LogP contribution >= 0.6 is 0 Å². The van der Waals surface area contributed by atoms with Crippen molar-refractivity contribution in [2.24, 2.45) is 0 Å². The van der Waals surface area contributed by atoms with Crippen LogP contribution in [-0.2, 0) is 10.9 Å². The number of alkyl halides is 3. The predicted octanol–water partition coefficient (Wildman–Crippen LogP) is 2.64. The van der Waals surface area contributed by atoms with Crippen LogP contribution in [0.1, 0.15) is 31.8 Å². The number of nitrogens with one attached hydrogen (secondary N) is 2. The summed E-state index contributed by atoms with van der Waals surface area (Å²) in [4.78, 5) is 26.9. The lowest BCUT2D eigenvalue weighted by molar-refractivity contribution is -0.138. The van der Waals surface area contributed by atoms with Gasteiger partial charge in [-0.1, -0.05) is 12.1 Å². The highest BCUT2D eigenvalue weighted by Crippen LogP contribution is 2.31. The van der Waals surface area contributed by atoms with Crippen molar-refractivity contribution < 1.29 is 27.5 Å². The van der Waals surface area contributed by atoms with Crippen LogP contribution in [0.2, 0.25) is 0 Å². The number of pyridine rings is 1. The van der Waals surface area contributed by atoms with Gasteiger partial charge in [0.15, 0.2) is 0 Å². The molecule has 1 aromatic carbocycles. The van der Waals surface area contributed by atoms with Crippen molar-refractivity contribution in [3.8, 4) is 0 Å². The third-order valence-corrected chi connectivity index (χ3v) is 3.20. The number of ether oxygens (including phenoxy) is 1. The van der Waals surface area contributed by atoms with Crippen LogP contribution in [0.25, 0.3) is 0 Å². The number of carbonyl (C=O) groups is 2. The molecule has 0 unspecified atom stereocenters. The fourth-order valence-electron chi connectivity index (χ4n) is 1.97. The highest BCUT2D eigenvalue weighted by Gasteiger charge is 2.35. The van der Waals surface area contributed by atoms with E-state index < -0.39 is 35.0 Å². The van der Waals surface area contributed by atoms with Crippen molar-refractivity contribution in [2.75, 3.05) is 7.11 Å². The molecule has 0 saturated heterocycles. The second-order valence-electron chi connectivity index (χ2n) is 4.82. The van der Waals surface area contributed by atoms with Gasteiger partial charge in [0.25, 0.3) is 5.91 Å². The van der Waals surface area contributed by atoms with E-state index in [2.05, 4.69) is 15.0 Å². The fourth-order valence-corrected chi connectivity index (χ4v) is 1.97. The number of carbonyl (C=O) groups excluding carboxylic acids is 2. The second kappa shape index (κ2) is 7.12. The molecule has 0 spiro atoms. The van der Waals surface area contributed by atoms with Gasteiger partial charge in [0.05, 0.1) is 23.8 Å². The van der Waals surface area contributed by atoms with Gasteiger partial charge < -0.3 is 10.1 Å². The minimum Gasteiger partial charge on any atom is -0.465 e. The molecule has 2 N–H and O–H groups in total. The van der Waals surface area contributed by atoms with Crippen molar-refractivity contribution in [3.05, 3.63) is 65.0 Å². The molecule has 130 valence electrons. The molecule has 2 aromatic rings. The van der Waals surface area contributed by atoms with Crippen LogP contribution < -0.4 is 5.32 Å². The number of rotatable bonds is 3. The van der Waals surface area contributed by atoms with Crippen LogP contribution in [0.15, 0.2) is 42.7 Å². The van der Waals surface area contributed by atoms with E-state index in [1.165, 1.54) is 31.4 Å². The summed E-state index contributed by atoms with van der Waals surface area (Å²) in [6, 6.07) is 6.15. The standard InChI is InChI=1S/C16H12F3N3O3/c1-25-15(24)10-4-2-9(3-5-10)13(20)22-14(23)11-8-21-7-6-12(11)16(17,18)19/h2-8H,1H3,(H2,20,22,23). The highest BCUT2D eigenvalue weighted by atomic mass is 19.4. The molecule has 0 aliphatic carbocycles. The molecule has 2 rings (SSSR count). The number of amides is 1. The summed E-state index contributed by atoms with van der Waals surface area (Å²) >= 11 is 0. The molecule has 25 heavy (non-hydrogen) atoms. The van der Waals surface area contributed by atoms with Crippen molar-refractivity contribution in [3.63, 3.8) is 0 Å². The monoisotopic (exact) mass is 351 g/mol. The zero-order valence-corrected chi connectivity index (χ0v) is 12.8. The molecule has 0 atom stereocenters. The number of nitrogens with zero attached hydrogens (tertiary/aromatic N) is 1. The zero-order chi connectivity index (χ0) is 18.6. The summed E-state index contributed by atoms with van der Waals surface area (Å²) in [5, 5.41) is 9.88. The average Bonchev–Trinajstić information content (AvgIpc) is 2.60. The van der Waals surface area contributed by atoms with E-state index in [-0.39, 0.29) is 11.1 Å². The molecule has 0 radical (unpaired) electrons. The third-order valence-electron chi connectivity index (χ3n) is 3.20. The number of benzene rings is 1. The Kier molecular flexibility index (Phi) is 5.16. The van der Waals surface area contributed by atoms with E-state index >= 15 is 0 Å². The molecule has 0 aliphatic rings. The smallest absolute Gasteiger partial charge is 0.417 e. The van der Waals surface area contributed by atoms with Gasteiger partial charge in [0.2, 0.25) is 0 Å². The van der Waals surface area contributed by atoms with Crippen molar-refractivity contribution >= 4 is 17.7 Å². The molecule has 0 bridgehead atoms. The van der Waals surface area contributed by atoms with E-state index in [1.807, 2.05) is 0 Å². The Morgan fingerprint density at radius 3 is 2.28 bits per heavy atom. The van der Waals surface area contributed by atoms with Gasteiger partial charge in [-0.05, 0) is 18.2 Å². The van der Waals surface area contributed by atoms with Gasteiger partial charge in [-0.3, -0.25) is 15.2 Å². The maximum absolute atomic E-state index is 12.9. The molecule has 0 aliphatic heterocycles. The Bertz CT molecular complexity index is 817. The van der Waals surface area contributed by atoms with Crippen LogP contribution in [0.5, 0.6) is 0 Å². The lowest BCUT2D eigenvalue weighted by atomic mass is 10.1. The molecule has 0 fully saturated rings. The van der Waals surface area contributed by atoms with E-state index in [0.717, 1.165) is 12.4 Å². The maximum atomic E-state index is 12.9. The number of hydrogen-bond donors (Lipinski definition) is 2. The number of amidine groups is 1. The van der Waals surface area contributed by atoms with Gasteiger partial charge in [-0.15, -0.1) is 0 Å². The number of methoxy groups -OCH3 is 1. The fraction of sp³-hybridized carbons (Fsp3) is 0.125. The summed E-state index contributed by atoms with van der Waals surface area (Å²) < 4.78 is 43.3. The Morgan fingerprint density at radius 1 is 1.12 bits per heavy atom. The predicted molar refractivity (Wildman–Crippen MR) is 81.3 cm³/mol.